The predicted molar refractivity (Wildman–Crippen MR) is 155 cm³/mol. The number of pyridine rings is 1. The summed E-state index contributed by atoms with van der Waals surface area (Å²) in [6.07, 6.45) is 5.14. The van der Waals surface area contributed by atoms with E-state index in [1.54, 1.807) is 52.4 Å². The number of hydrogen-bond acceptors (Lipinski definition) is 7. The van der Waals surface area contributed by atoms with Crippen molar-refractivity contribution in [2.24, 2.45) is 0 Å². The average molecular weight is 560 g/mol. The molecule has 42 heavy (non-hydrogen) atoms. The summed E-state index contributed by atoms with van der Waals surface area (Å²) in [5.41, 5.74) is 4.20. The van der Waals surface area contributed by atoms with Crippen molar-refractivity contribution in [3.05, 3.63) is 109 Å². The van der Waals surface area contributed by atoms with Gasteiger partial charge in [-0.1, -0.05) is 41.6 Å². The van der Waals surface area contributed by atoms with Gasteiger partial charge in [0, 0.05) is 53.4 Å². The molecule has 0 saturated heterocycles. The molecule has 1 atom stereocenters. The number of nitrogens with one attached hydrogen (secondary N) is 2. The lowest BCUT2D eigenvalue weighted by Gasteiger charge is -2.31. The molecule has 0 saturated carbocycles. The van der Waals surface area contributed by atoms with E-state index in [4.69, 9.17) is 9.47 Å². The number of ether oxygens (including phenoxy) is 2. The van der Waals surface area contributed by atoms with Gasteiger partial charge in [-0.15, -0.1) is 5.10 Å². The number of hydrogen-bond donors (Lipinski definition) is 2. The highest BCUT2D eigenvalue weighted by Crippen LogP contribution is 2.36. The van der Waals surface area contributed by atoms with Gasteiger partial charge in [-0.05, 0) is 42.0 Å². The van der Waals surface area contributed by atoms with Gasteiger partial charge in [0.25, 0.3) is 5.91 Å². The molecular weight excluding hydrogens is 534 g/mol. The highest BCUT2D eigenvalue weighted by Gasteiger charge is 2.34. The van der Waals surface area contributed by atoms with Crippen LogP contribution in [0.4, 0.5) is 5.69 Å². The Bertz CT molecular complexity index is 1920. The van der Waals surface area contributed by atoms with E-state index in [0.717, 1.165) is 22.0 Å². The van der Waals surface area contributed by atoms with Gasteiger partial charge in [0.1, 0.15) is 18.1 Å². The third-order valence-corrected chi connectivity index (χ3v) is 7.22. The van der Waals surface area contributed by atoms with Crippen LogP contribution in [-0.2, 0) is 22.7 Å². The lowest BCUT2D eigenvalue weighted by Crippen LogP contribution is -2.42. The van der Waals surface area contributed by atoms with Crippen LogP contribution in [0.15, 0.2) is 97.5 Å². The largest absolute Gasteiger partial charge is 0.454 e. The fourth-order valence-corrected chi connectivity index (χ4v) is 5.22. The van der Waals surface area contributed by atoms with Gasteiger partial charge in [-0.2, -0.15) is 0 Å². The number of H-pyrrole nitrogens is 1. The summed E-state index contributed by atoms with van der Waals surface area (Å²) in [6, 6.07) is 23.0. The minimum Gasteiger partial charge on any atom is -0.454 e. The Kier molecular flexibility index (Phi) is 6.43. The van der Waals surface area contributed by atoms with Crippen LogP contribution in [-0.4, -0.2) is 48.5 Å². The number of aromatic amines is 1. The van der Waals surface area contributed by atoms with Crippen molar-refractivity contribution in [3.8, 4) is 11.5 Å². The van der Waals surface area contributed by atoms with Crippen molar-refractivity contribution >= 4 is 39.4 Å². The van der Waals surface area contributed by atoms with E-state index in [9.17, 15) is 9.59 Å². The van der Waals surface area contributed by atoms with E-state index in [-0.39, 0.29) is 31.7 Å². The predicted octanol–water partition coefficient (Wildman–Crippen LogP) is 4.45. The van der Waals surface area contributed by atoms with Gasteiger partial charge < -0.3 is 24.7 Å². The zero-order valence-corrected chi connectivity index (χ0v) is 22.3. The Morgan fingerprint density at radius 3 is 2.76 bits per heavy atom. The maximum atomic E-state index is 14.3. The van der Waals surface area contributed by atoms with Crippen molar-refractivity contribution in [1.29, 1.82) is 0 Å². The van der Waals surface area contributed by atoms with E-state index in [0.29, 0.717) is 28.3 Å². The van der Waals surface area contributed by atoms with Crippen LogP contribution in [0.3, 0.4) is 0 Å². The number of rotatable bonds is 8. The lowest BCUT2D eigenvalue weighted by atomic mass is 10.0. The molecule has 3 aromatic heterocycles. The van der Waals surface area contributed by atoms with Gasteiger partial charge >= 0.3 is 0 Å². The Morgan fingerprint density at radius 1 is 1.00 bits per heavy atom. The molecule has 0 aliphatic carbocycles. The van der Waals surface area contributed by atoms with Gasteiger partial charge in [-0.25, -0.2) is 4.68 Å². The highest BCUT2D eigenvalue weighted by atomic mass is 16.7. The maximum Gasteiger partial charge on any atom is 0.251 e. The number of fused-ring (bicyclic) bond motifs is 3. The molecule has 7 rings (SSSR count). The molecule has 0 fully saturated rings. The number of aromatic nitrogens is 5. The molecule has 2 amide bonds. The molecular formula is C31H25N7O4. The molecule has 11 nitrogen and oxygen atoms in total. The van der Waals surface area contributed by atoms with Crippen LogP contribution in [0.5, 0.6) is 11.5 Å². The zero-order chi connectivity index (χ0) is 28.5. The molecule has 1 unspecified atom stereocenters. The summed E-state index contributed by atoms with van der Waals surface area (Å²) < 4.78 is 12.5. The average Bonchev–Trinajstić information content (AvgIpc) is 3.76. The van der Waals surface area contributed by atoms with Gasteiger partial charge in [0.05, 0.1) is 5.52 Å². The number of carbonyl (C=O) groups excluding carboxylic acids is 2. The summed E-state index contributed by atoms with van der Waals surface area (Å²) in [4.78, 5) is 37.5. The SMILES string of the molecule is O=C(Nc1ccc2c(c1)OCO2)C(c1c[nH]c2ccccc12)N(Cc1cccnc1)C(=O)Cn1nnc2ccccc21. The molecule has 11 heteroatoms. The van der Waals surface area contributed by atoms with Crippen LogP contribution in [0, 0.1) is 0 Å². The second-order valence-corrected chi connectivity index (χ2v) is 9.87. The van der Waals surface area contributed by atoms with Crippen LogP contribution in [0.1, 0.15) is 17.2 Å². The first-order valence-corrected chi connectivity index (χ1v) is 13.4. The summed E-state index contributed by atoms with van der Waals surface area (Å²) in [6.45, 7) is 0.143. The van der Waals surface area contributed by atoms with Gasteiger partial charge in [0.2, 0.25) is 12.7 Å². The van der Waals surface area contributed by atoms with Crippen molar-refractivity contribution in [1.82, 2.24) is 29.9 Å². The molecule has 3 aromatic carbocycles. The second-order valence-electron chi connectivity index (χ2n) is 9.87. The summed E-state index contributed by atoms with van der Waals surface area (Å²) in [5.74, 6) is 0.442. The topological polar surface area (TPSA) is 127 Å². The Balaban J connectivity index is 1.31. The second kappa shape index (κ2) is 10.7. The van der Waals surface area contributed by atoms with Crippen molar-refractivity contribution in [3.63, 3.8) is 0 Å². The first kappa shape index (κ1) is 25.3. The number of anilines is 1. The highest BCUT2D eigenvalue weighted by molar-refractivity contribution is 6.01. The summed E-state index contributed by atoms with van der Waals surface area (Å²) in [7, 11) is 0. The lowest BCUT2D eigenvalue weighted by molar-refractivity contribution is -0.140. The van der Waals surface area contributed by atoms with E-state index >= 15 is 0 Å². The van der Waals surface area contributed by atoms with Crippen molar-refractivity contribution in [2.75, 3.05) is 12.1 Å². The third kappa shape index (κ3) is 4.77. The molecule has 2 N–H and O–H groups in total. The number of para-hydroxylation sites is 2. The van der Waals surface area contributed by atoms with E-state index in [1.165, 1.54) is 0 Å². The molecule has 0 spiro atoms. The molecule has 0 bridgehead atoms. The monoisotopic (exact) mass is 559 g/mol. The van der Waals surface area contributed by atoms with E-state index in [2.05, 4.69) is 25.6 Å². The number of nitrogens with zero attached hydrogens (tertiary/aromatic N) is 5. The van der Waals surface area contributed by atoms with Crippen LogP contribution < -0.4 is 14.8 Å². The quantitative estimate of drug-likeness (QED) is 0.282. The summed E-state index contributed by atoms with van der Waals surface area (Å²) in [5, 5.41) is 12.2. The van der Waals surface area contributed by atoms with Crippen LogP contribution in [0.25, 0.3) is 21.9 Å². The normalized spacial score (nSPS) is 12.9. The first-order valence-electron chi connectivity index (χ1n) is 13.4. The van der Waals surface area contributed by atoms with E-state index in [1.807, 2.05) is 54.6 Å². The fourth-order valence-electron chi connectivity index (χ4n) is 5.22. The van der Waals surface area contributed by atoms with Gasteiger partial charge in [0.15, 0.2) is 11.5 Å². The third-order valence-electron chi connectivity index (χ3n) is 7.22. The standard InChI is InChI=1S/C31H25N7O4/c39-29(18-38-26-10-4-3-9-25(26)35-36-38)37(17-20-6-5-13-32-15-20)30(23-16-33-24-8-2-1-7-22(23)24)31(40)34-21-11-12-27-28(14-21)42-19-41-27/h1-16,30,33H,17-19H2,(H,34,40). The van der Waals surface area contributed by atoms with Crippen molar-refractivity contribution in [2.45, 2.75) is 19.1 Å². The molecule has 4 heterocycles. The van der Waals surface area contributed by atoms with E-state index < -0.39 is 6.04 Å². The zero-order valence-electron chi connectivity index (χ0n) is 22.3. The molecule has 1 aliphatic heterocycles. The van der Waals surface area contributed by atoms with Crippen molar-refractivity contribution < 1.29 is 19.1 Å². The Labute approximate surface area is 239 Å². The number of amides is 2. The molecule has 6 aromatic rings. The Morgan fingerprint density at radius 2 is 1.86 bits per heavy atom. The minimum absolute atomic E-state index is 0.114. The van der Waals surface area contributed by atoms with Crippen LogP contribution in [0.2, 0.25) is 0 Å². The fraction of sp³-hybridized carbons (Fsp3) is 0.129. The minimum atomic E-state index is -1.01. The molecule has 208 valence electrons. The number of benzene rings is 3. The smallest absolute Gasteiger partial charge is 0.251 e. The number of carbonyl (C=O) groups is 2. The molecule has 1 aliphatic rings. The van der Waals surface area contributed by atoms with Gasteiger partial charge in [-0.3, -0.25) is 14.6 Å². The maximum absolute atomic E-state index is 14.3. The Hall–Kier alpha value is -5.71. The van der Waals surface area contributed by atoms with Crippen LogP contribution >= 0.6 is 0 Å². The first-order chi connectivity index (χ1) is 20.6. The molecule has 0 radical (unpaired) electrons. The summed E-state index contributed by atoms with van der Waals surface area (Å²) >= 11 is 0.